The van der Waals surface area contributed by atoms with Gasteiger partial charge in [0.25, 0.3) is 5.91 Å². The number of carbonyl (C=O) groups excluding carboxylic acids is 2. The zero-order chi connectivity index (χ0) is 15.9. The molecule has 1 aliphatic heterocycles. The summed E-state index contributed by atoms with van der Waals surface area (Å²) in [5.74, 6) is -0.578. The van der Waals surface area contributed by atoms with Gasteiger partial charge in [-0.3, -0.25) is 14.5 Å². The molecule has 1 saturated heterocycles. The lowest BCUT2D eigenvalue weighted by atomic mass is 10.0. The highest BCUT2D eigenvalue weighted by Crippen LogP contribution is 2.21. The van der Waals surface area contributed by atoms with Gasteiger partial charge in [0.15, 0.2) is 6.61 Å². The largest absolute Gasteiger partial charge is 0.454 e. The van der Waals surface area contributed by atoms with Gasteiger partial charge in [0.05, 0.1) is 0 Å². The number of nitrogens with one attached hydrogen (secondary N) is 1. The minimum atomic E-state index is -0.295. The third kappa shape index (κ3) is 4.56. The van der Waals surface area contributed by atoms with Crippen molar-refractivity contribution in [3.63, 3.8) is 0 Å². The van der Waals surface area contributed by atoms with Crippen molar-refractivity contribution in [1.29, 1.82) is 0 Å². The molecule has 0 aromatic heterocycles. The molecule has 5 heteroatoms. The Kier molecular flexibility index (Phi) is 5.95. The van der Waals surface area contributed by atoms with Gasteiger partial charge in [-0.15, -0.1) is 0 Å². The number of aryl methyl sites for hydroxylation is 1. The Bertz CT molecular complexity index is 530. The first-order chi connectivity index (χ1) is 10.6. The smallest absolute Gasteiger partial charge is 0.323 e. The van der Waals surface area contributed by atoms with Crippen LogP contribution < -0.4 is 5.32 Å². The predicted molar refractivity (Wildman–Crippen MR) is 84.3 cm³/mol. The fourth-order valence-corrected chi connectivity index (χ4v) is 2.80. The summed E-state index contributed by atoms with van der Waals surface area (Å²) in [6.07, 6.45) is 2.90. The summed E-state index contributed by atoms with van der Waals surface area (Å²) in [5, 5.41) is 2.45. The third-order valence-electron chi connectivity index (χ3n) is 3.98. The van der Waals surface area contributed by atoms with Crippen LogP contribution in [0.25, 0.3) is 0 Å². The molecule has 0 aliphatic carbocycles. The molecule has 2 rings (SSSR count). The van der Waals surface area contributed by atoms with Gasteiger partial charge < -0.3 is 10.1 Å². The fourth-order valence-electron chi connectivity index (χ4n) is 2.80. The Hall–Kier alpha value is -1.88. The lowest BCUT2D eigenvalue weighted by molar-refractivity contribution is -0.155. The van der Waals surface area contributed by atoms with Gasteiger partial charge in [0, 0.05) is 13.6 Å². The van der Waals surface area contributed by atoms with Crippen LogP contribution in [0.5, 0.6) is 0 Å². The highest BCUT2D eigenvalue weighted by molar-refractivity contribution is 5.82. The van der Waals surface area contributed by atoms with Crippen molar-refractivity contribution in [1.82, 2.24) is 10.2 Å². The number of benzene rings is 1. The number of likely N-dealkylation sites (tertiary alicyclic amines) is 1. The average Bonchev–Trinajstić information content (AvgIpc) is 2.53. The van der Waals surface area contributed by atoms with Gasteiger partial charge in [-0.1, -0.05) is 36.2 Å². The molecule has 22 heavy (non-hydrogen) atoms. The highest BCUT2D eigenvalue weighted by Gasteiger charge is 2.30. The minimum Gasteiger partial charge on any atom is -0.454 e. The maximum atomic E-state index is 12.2. The normalized spacial score (nSPS) is 18.7. The summed E-state index contributed by atoms with van der Waals surface area (Å²) < 4.78 is 5.13. The maximum absolute atomic E-state index is 12.2. The van der Waals surface area contributed by atoms with Gasteiger partial charge in [-0.05, 0) is 31.9 Å². The topological polar surface area (TPSA) is 58.6 Å². The number of likely N-dealkylation sites (N-methyl/N-ethyl adjacent to an activating group) is 1. The molecule has 0 radical (unpaired) electrons. The van der Waals surface area contributed by atoms with Crippen LogP contribution in [0.1, 0.15) is 30.4 Å². The molecule has 0 bridgehead atoms. The Morgan fingerprint density at radius 1 is 1.36 bits per heavy atom. The molecule has 0 saturated carbocycles. The van der Waals surface area contributed by atoms with Crippen LogP contribution in [0.2, 0.25) is 0 Å². The van der Waals surface area contributed by atoms with E-state index in [0.717, 1.165) is 32.4 Å². The van der Waals surface area contributed by atoms with Crippen molar-refractivity contribution >= 4 is 11.9 Å². The molecule has 1 N–H and O–H groups in total. The first-order valence-electron chi connectivity index (χ1n) is 7.77. The Morgan fingerprint density at radius 2 is 2.18 bits per heavy atom. The molecule has 120 valence electrons. The molecule has 1 heterocycles. The number of esters is 1. The van der Waals surface area contributed by atoms with E-state index in [-0.39, 0.29) is 24.5 Å². The molecule has 5 nitrogen and oxygen atoms in total. The number of ether oxygens (including phenoxy) is 1. The van der Waals surface area contributed by atoms with Gasteiger partial charge in [-0.2, -0.15) is 0 Å². The quantitative estimate of drug-likeness (QED) is 0.840. The van der Waals surface area contributed by atoms with Crippen LogP contribution >= 0.6 is 0 Å². The number of hydrogen-bond donors (Lipinski definition) is 1. The second-order valence-electron chi connectivity index (χ2n) is 5.75. The molecule has 1 aliphatic rings. The molecule has 1 amide bonds. The lowest BCUT2D eigenvalue weighted by Gasteiger charge is -2.34. The van der Waals surface area contributed by atoms with Crippen LogP contribution in [0.4, 0.5) is 0 Å². The van der Waals surface area contributed by atoms with Crippen LogP contribution in [0.15, 0.2) is 24.3 Å². The Balaban J connectivity index is 1.98. The predicted octanol–water partition coefficient (Wildman–Crippen LogP) is 1.64. The fraction of sp³-hybridized carbons (Fsp3) is 0.529. The first-order valence-corrected chi connectivity index (χ1v) is 7.77. The van der Waals surface area contributed by atoms with E-state index in [1.165, 1.54) is 18.2 Å². The lowest BCUT2D eigenvalue weighted by Crippen LogP contribution is -2.45. The zero-order valence-electron chi connectivity index (χ0n) is 13.3. The average molecular weight is 304 g/mol. The molecule has 0 spiro atoms. The van der Waals surface area contributed by atoms with Crippen molar-refractivity contribution in [2.45, 2.75) is 38.8 Å². The zero-order valence-corrected chi connectivity index (χ0v) is 13.3. The number of piperidine rings is 1. The molecular weight excluding hydrogens is 280 g/mol. The van der Waals surface area contributed by atoms with Gasteiger partial charge in [-0.25, -0.2) is 0 Å². The van der Waals surface area contributed by atoms with E-state index in [1.807, 2.05) is 6.07 Å². The van der Waals surface area contributed by atoms with Gasteiger partial charge >= 0.3 is 5.97 Å². The summed E-state index contributed by atoms with van der Waals surface area (Å²) in [6.45, 7) is 3.48. The summed E-state index contributed by atoms with van der Waals surface area (Å²) >= 11 is 0. The van der Waals surface area contributed by atoms with Crippen LogP contribution in [0, 0.1) is 6.92 Å². The van der Waals surface area contributed by atoms with Crippen molar-refractivity contribution in [3.05, 3.63) is 35.4 Å². The maximum Gasteiger partial charge on any atom is 0.323 e. The van der Waals surface area contributed by atoms with Crippen molar-refractivity contribution in [2.24, 2.45) is 0 Å². The first kappa shape index (κ1) is 16.5. The minimum absolute atomic E-state index is 0.204. The summed E-state index contributed by atoms with van der Waals surface area (Å²) in [7, 11) is 1.53. The highest BCUT2D eigenvalue weighted by atomic mass is 16.5. The van der Waals surface area contributed by atoms with Crippen molar-refractivity contribution < 1.29 is 14.3 Å². The number of nitrogens with zero attached hydrogens (tertiary/aromatic N) is 1. The summed E-state index contributed by atoms with van der Waals surface area (Å²) in [5.41, 5.74) is 2.42. The number of rotatable bonds is 5. The van der Waals surface area contributed by atoms with Crippen molar-refractivity contribution in [2.75, 3.05) is 20.2 Å². The van der Waals surface area contributed by atoms with E-state index in [9.17, 15) is 9.59 Å². The molecule has 0 unspecified atom stereocenters. The third-order valence-corrected chi connectivity index (χ3v) is 3.98. The molecular formula is C17H24N2O3. The summed E-state index contributed by atoms with van der Waals surface area (Å²) in [4.78, 5) is 25.6. The van der Waals surface area contributed by atoms with Gasteiger partial charge in [0.1, 0.15) is 6.04 Å². The van der Waals surface area contributed by atoms with E-state index in [4.69, 9.17) is 4.74 Å². The molecule has 1 fully saturated rings. The van der Waals surface area contributed by atoms with Crippen LogP contribution in [0.3, 0.4) is 0 Å². The number of carbonyl (C=O) groups is 2. The van der Waals surface area contributed by atoms with E-state index in [2.05, 4.69) is 35.3 Å². The van der Waals surface area contributed by atoms with Crippen LogP contribution in [-0.2, 0) is 20.9 Å². The second-order valence-corrected chi connectivity index (χ2v) is 5.75. The number of hydrogen-bond acceptors (Lipinski definition) is 4. The van der Waals surface area contributed by atoms with Crippen LogP contribution in [-0.4, -0.2) is 43.0 Å². The van der Waals surface area contributed by atoms with E-state index >= 15 is 0 Å². The standard InChI is InChI=1S/C17H24N2O3/c1-13-6-5-7-14(10-13)11-19-9-4-3-8-15(19)17(21)22-12-16(20)18-2/h5-7,10,15H,3-4,8-9,11-12H2,1-2H3,(H,18,20)/t15-/m0/s1. The Labute approximate surface area is 131 Å². The second kappa shape index (κ2) is 7.94. The SMILES string of the molecule is CNC(=O)COC(=O)[C@@H]1CCCCN1Cc1cccc(C)c1. The van der Waals surface area contributed by atoms with E-state index in [0.29, 0.717) is 0 Å². The van der Waals surface area contributed by atoms with E-state index in [1.54, 1.807) is 0 Å². The Morgan fingerprint density at radius 3 is 2.91 bits per heavy atom. The monoisotopic (exact) mass is 304 g/mol. The number of amides is 1. The molecule has 1 atom stereocenters. The molecule has 1 aromatic carbocycles. The summed E-state index contributed by atoms with van der Waals surface area (Å²) in [6, 6.07) is 8.07. The van der Waals surface area contributed by atoms with Crippen molar-refractivity contribution in [3.8, 4) is 0 Å². The van der Waals surface area contributed by atoms with Gasteiger partial charge in [0.2, 0.25) is 0 Å². The molecule has 1 aromatic rings. The van der Waals surface area contributed by atoms with E-state index < -0.39 is 0 Å².